The molecule has 5 nitrogen and oxygen atoms in total. The molecular formula is C13H23N3O2S. The number of unbranched alkanes of at least 4 members (excludes halogenated alkanes) is 7. The monoisotopic (exact) mass is 285 g/mol. The minimum absolute atomic E-state index is 0.0958. The van der Waals surface area contributed by atoms with E-state index in [-0.39, 0.29) is 5.00 Å². The minimum atomic E-state index is -0.404. The van der Waals surface area contributed by atoms with E-state index in [1.54, 1.807) is 0 Å². The van der Waals surface area contributed by atoms with Gasteiger partial charge in [0.1, 0.15) is 6.20 Å². The maximum absolute atomic E-state index is 10.5. The Morgan fingerprint density at radius 3 is 2.42 bits per heavy atom. The van der Waals surface area contributed by atoms with Crippen LogP contribution in [0, 0.1) is 10.1 Å². The van der Waals surface area contributed by atoms with Gasteiger partial charge in [-0.05, 0) is 17.8 Å². The number of anilines is 1. The highest BCUT2D eigenvalue weighted by molar-refractivity contribution is 7.18. The maximum Gasteiger partial charge on any atom is 0.345 e. The van der Waals surface area contributed by atoms with E-state index in [1.807, 2.05) is 0 Å². The number of nitro groups is 1. The van der Waals surface area contributed by atoms with Crippen molar-refractivity contribution in [3.8, 4) is 0 Å². The number of thiazole rings is 1. The molecule has 0 bridgehead atoms. The molecule has 0 aliphatic heterocycles. The second kappa shape index (κ2) is 9.72. The van der Waals surface area contributed by atoms with Crippen molar-refractivity contribution in [2.24, 2.45) is 0 Å². The first-order valence-electron chi connectivity index (χ1n) is 7.08. The van der Waals surface area contributed by atoms with Gasteiger partial charge < -0.3 is 5.32 Å². The second-order valence-electron chi connectivity index (χ2n) is 4.66. The van der Waals surface area contributed by atoms with E-state index in [4.69, 9.17) is 0 Å². The summed E-state index contributed by atoms with van der Waals surface area (Å²) < 4.78 is 0. The average Bonchev–Trinajstić information content (AvgIpc) is 2.86. The molecule has 0 unspecified atom stereocenters. The summed E-state index contributed by atoms with van der Waals surface area (Å²) in [6.45, 7) is 3.08. The number of hydrogen-bond acceptors (Lipinski definition) is 5. The van der Waals surface area contributed by atoms with E-state index in [0.29, 0.717) is 5.13 Å². The average molecular weight is 285 g/mol. The first-order valence-corrected chi connectivity index (χ1v) is 7.89. The van der Waals surface area contributed by atoms with Crippen LogP contribution >= 0.6 is 11.3 Å². The standard InChI is InChI=1S/C13H23N3O2S/c1-2-3-4-5-6-7-8-9-10-14-13-15-11-12(19-13)16(17)18/h11H,2-10H2,1H3,(H,14,15). The van der Waals surface area contributed by atoms with E-state index in [9.17, 15) is 10.1 Å². The van der Waals surface area contributed by atoms with E-state index in [0.717, 1.165) is 24.3 Å². The van der Waals surface area contributed by atoms with Gasteiger partial charge in [0.2, 0.25) is 0 Å². The number of nitrogens with zero attached hydrogens (tertiary/aromatic N) is 2. The number of aromatic nitrogens is 1. The minimum Gasteiger partial charge on any atom is -0.361 e. The van der Waals surface area contributed by atoms with Crippen molar-refractivity contribution >= 4 is 21.5 Å². The van der Waals surface area contributed by atoms with Crippen LogP contribution in [0.5, 0.6) is 0 Å². The van der Waals surface area contributed by atoms with Gasteiger partial charge in [0, 0.05) is 6.54 Å². The first kappa shape index (κ1) is 15.9. The first-order chi connectivity index (χ1) is 9.24. The van der Waals surface area contributed by atoms with Crippen LogP contribution in [0.4, 0.5) is 10.1 Å². The summed E-state index contributed by atoms with van der Waals surface area (Å²) in [5.41, 5.74) is 0. The van der Waals surface area contributed by atoms with Gasteiger partial charge in [-0.2, -0.15) is 0 Å². The van der Waals surface area contributed by atoms with Crippen LogP contribution in [0.15, 0.2) is 6.20 Å². The molecule has 1 rings (SSSR count). The quantitative estimate of drug-likeness (QED) is 0.366. The fourth-order valence-corrected chi connectivity index (χ4v) is 2.54. The van der Waals surface area contributed by atoms with Crippen LogP contribution in [-0.2, 0) is 0 Å². The molecule has 108 valence electrons. The molecule has 0 radical (unpaired) electrons. The lowest BCUT2D eigenvalue weighted by molar-refractivity contribution is -0.380. The third-order valence-corrected chi connectivity index (χ3v) is 3.89. The molecule has 0 spiro atoms. The van der Waals surface area contributed by atoms with E-state index < -0.39 is 4.92 Å². The zero-order valence-corrected chi connectivity index (χ0v) is 12.4. The number of nitrogens with one attached hydrogen (secondary N) is 1. The molecule has 0 aliphatic rings. The highest BCUT2D eigenvalue weighted by Gasteiger charge is 2.10. The fraction of sp³-hybridized carbons (Fsp3) is 0.769. The summed E-state index contributed by atoms with van der Waals surface area (Å²) in [5, 5.41) is 14.4. The van der Waals surface area contributed by atoms with Crippen LogP contribution < -0.4 is 5.32 Å². The summed E-state index contributed by atoms with van der Waals surface area (Å²) in [4.78, 5) is 14.1. The fourth-order valence-electron chi connectivity index (χ4n) is 1.89. The van der Waals surface area contributed by atoms with Crippen molar-refractivity contribution < 1.29 is 4.92 Å². The van der Waals surface area contributed by atoms with Crippen molar-refractivity contribution in [2.75, 3.05) is 11.9 Å². The summed E-state index contributed by atoms with van der Waals surface area (Å²) in [5.74, 6) is 0. The Balaban J connectivity index is 1.97. The van der Waals surface area contributed by atoms with Crippen molar-refractivity contribution in [2.45, 2.75) is 58.3 Å². The predicted octanol–water partition coefficient (Wildman–Crippen LogP) is 4.60. The van der Waals surface area contributed by atoms with E-state index in [1.165, 1.54) is 51.1 Å². The largest absolute Gasteiger partial charge is 0.361 e. The van der Waals surface area contributed by atoms with Gasteiger partial charge >= 0.3 is 5.00 Å². The lowest BCUT2D eigenvalue weighted by Gasteiger charge is -2.02. The summed E-state index contributed by atoms with van der Waals surface area (Å²) in [6, 6.07) is 0. The molecule has 0 atom stereocenters. The third-order valence-electron chi connectivity index (χ3n) is 2.98. The molecule has 1 aromatic rings. The van der Waals surface area contributed by atoms with Gasteiger partial charge in [0.05, 0.1) is 4.92 Å². The SMILES string of the molecule is CCCCCCCCCCNc1ncc([N+](=O)[O-])s1. The van der Waals surface area contributed by atoms with Gasteiger partial charge in [-0.3, -0.25) is 10.1 Å². The van der Waals surface area contributed by atoms with Crippen LogP contribution in [-0.4, -0.2) is 16.5 Å². The zero-order chi connectivity index (χ0) is 13.9. The molecule has 6 heteroatoms. The van der Waals surface area contributed by atoms with E-state index >= 15 is 0 Å². The second-order valence-corrected chi connectivity index (χ2v) is 5.67. The Morgan fingerprint density at radius 2 is 1.84 bits per heavy atom. The Labute approximate surface area is 118 Å². The Kier molecular flexibility index (Phi) is 8.13. The summed E-state index contributed by atoms with van der Waals surface area (Å²) in [6.07, 6.45) is 11.6. The number of hydrogen-bond donors (Lipinski definition) is 1. The molecule has 1 N–H and O–H groups in total. The highest BCUT2D eigenvalue weighted by atomic mass is 32.1. The molecule has 1 heterocycles. The van der Waals surface area contributed by atoms with Crippen LogP contribution in [0.2, 0.25) is 0 Å². The smallest absolute Gasteiger partial charge is 0.345 e. The van der Waals surface area contributed by atoms with Gasteiger partial charge in [-0.15, -0.1) is 0 Å². The molecular weight excluding hydrogens is 262 g/mol. The maximum atomic E-state index is 10.5. The third kappa shape index (κ3) is 7.10. The van der Waals surface area contributed by atoms with Gasteiger partial charge in [-0.1, -0.05) is 51.9 Å². The Hall–Kier alpha value is -1.17. The lowest BCUT2D eigenvalue weighted by Crippen LogP contribution is -2.00. The molecule has 0 saturated heterocycles. The molecule has 0 aromatic carbocycles. The van der Waals surface area contributed by atoms with Crippen molar-refractivity contribution in [3.63, 3.8) is 0 Å². The van der Waals surface area contributed by atoms with Crippen LogP contribution in [0.1, 0.15) is 58.3 Å². The molecule has 0 fully saturated rings. The lowest BCUT2D eigenvalue weighted by atomic mass is 10.1. The van der Waals surface area contributed by atoms with Gasteiger partial charge in [0.15, 0.2) is 5.13 Å². The number of rotatable bonds is 11. The predicted molar refractivity (Wildman–Crippen MR) is 79.9 cm³/mol. The molecule has 0 aliphatic carbocycles. The topological polar surface area (TPSA) is 68.1 Å². The van der Waals surface area contributed by atoms with Crippen molar-refractivity contribution in [1.82, 2.24) is 4.98 Å². The Bertz CT molecular complexity index is 369. The summed E-state index contributed by atoms with van der Waals surface area (Å²) in [7, 11) is 0. The van der Waals surface area contributed by atoms with Crippen molar-refractivity contribution in [3.05, 3.63) is 16.3 Å². The molecule has 0 amide bonds. The van der Waals surface area contributed by atoms with Crippen molar-refractivity contribution in [1.29, 1.82) is 0 Å². The zero-order valence-electron chi connectivity index (χ0n) is 11.6. The normalized spacial score (nSPS) is 10.6. The summed E-state index contributed by atoms with van der Waals surface area (Å²) >= 11 is 1.10. The van der Waals surface area contributed by atoms with Crippen LogP contribution in [0.3, 0.4) is 0 Å². The van der Waals surface area contributed by atoms with Gasteiger partial charge in [0.25, 0.3) is 0 Å². The van der Waals surface area contributed by atoms with Gasteiger partial charge in [-0.25, -0.2) is 4.98 Å². The van der Waals surface area contributed by atoms with E-state index in [2.05, 4.69) is 17.2 Å². The molecule has 1 aromatic heterocycles. The highest BCUT2D eigenvalue weighted by Crippen LogP contribution is 2.24. The Morgan fingerprint density at radius 1 is 1.21 bits per heavy atom. The molecule has 0 saturated carbocycles. The van der Waals surface area contributed by atoms with Crippen LogP contribution in [0.25, 0.3) is 0 Å². The molecule has 19 heavy (non-hydrogen) atoms.